The molecule has 12 heteroatoms. The van der Waals surface area contributed by atoms with Crippen LogP contribution in [-0.4, -0.2) is 91.1 Å². The Morgan fingerprint density at radius 1 is 1.13 bits per heavy atom. The van der Waals surface area contributed by atoms with Gasteiger partial charge in [-0.05, 0) is 79.0 Å². The Morgan fingerprint density at radius 2 is 1.85 bits per heavy atom. The molecule has 1 aliphatic heterocycles. The summed E-state index contributed by atoms with van der Waals surface area (Å²) in [5.41, 5.74) is 9.13. The number of hydroxylamine groups is 2. The number of nitrogens with zero attached hydrogens (tertiary/aromatic N) is 2. The number of carbonyl (C=O) groups is 3. The van der Waals surface area contributed by atoms with E-state index in [9.17, 15) is 24.6 Å². The normalized spacial score (nSPS) is 27.7. The minimum absolute atomic E-state index is 0.0193. The van der Waals surface area contributed by atoms with Gasteiger partial charge < -0.3 is 36.2 Å². The smallest absolute Gasteiger partial charge is 0.252 e. The van der Waals surface area contributed by atoms with Gasteiger partial charge in [-0.15, -0.1) is 0 Å². The molecule has 1 heterocycles. The van der Waals surface area contributed by atoms with E-state index in [-0.39, 0.29) is 36.4 Å². The molecule has 0 aromatic heterocycles. The van der Waals surface area contributed by atoms with E-state index in [0.717, 1.165) is 12.1 Å². The molecular weight excluding hydrogens is 662 g/mol. The summed E-state index contributed by atoms with van der Waals surface area (Å²) in [7, 11) is 5.32. The highest BCUT2D eigenvalue weighted by molar-refractivity contribution is 5.99. The molecule has 2 aromatic rings. The fourth-order valence-corrected chi connectivity index (χ4v) is 8.95. The zero-order valence-corrected chi connectivity index (χ0v) is 32.2. The highest BCUT2D eigenvalue weighted by atomic mass is 16.7. The van der Waals surface area contributed by atoms with Crippen LogP contribution >= 0.6 is 0 Å². The monoisotopic (exact) mass is 721 g/mol. The van der Waals surface area contributed by atoms with Crippen LogP contribution in [0.5, 0.6) is 5.75 Å². The number of fused-ring (bicyclic) bond motifs is 2. The van der Waals surface area contributed by atoms with Crippen LogP contribution in [0.3, 0.4) is 0 Å². The Kier molecular flexibility index (Phi) is 11.9. The Bertz CT molecular complexity index is 1630. The number of benzene rings is 2. The maximum atomic E-state index is 14.2. The number of primary amides is 1. The summed E-state index contributed by atoms with van der Waals surface area (Å²) in [5, 5.41) is 28.9. The first-order chi connectivity index (χ1) is 24.5. The first-order valence-corrected chi connectivity index (χ1v) is 18.6. The predicted octanol–water partition coefficient (Wildman–Crippen LogP) is 3.72. The van der Waals surface area contributed by atoms with Crippen molar-refractivity contribution in [1.82, 2.24) is 15.7 Å². The molecule has 4 fully saturated rings. The SMILES string of the molecule is COc1c(CN2O[C@@H](CO)[C@H]([C@H](C)O)[C@H]2C(=O)N[C@H]2C[C@H]3C[C@@H]([C@@H]2C)C3(C)C)cccc1-c1cc(C(=O)N[C@H](CC(C)C)C(N)=O)cc(N(C)C)c1. The van der Waals surface area contributed by atoms with Crippen molar-refractivity contribution in [3.8, 4) is 16.9 Å². The van der Waals surface area contributed by atoms with Gasteiger partial charge in [0.2, 0.25) is 11.8 Å². The number of nitrogens with two attached hydrogens (primary N) is 1. The van der Waals surface area contributed by atoms with Crippen LogP contribution in [0.2, 0.25) is 0 Å². The molecule has 3 aliphatic carbocycles. The number of methoxy groups -OCH3 is 1. The molecule has 1 saturated heterocycles. The molecule has 2 bridgehead atoms. The van der Waals surface area contributed by atoms with Crippen molar-refractivity contribution in [3.05, 3.63) is 47.5 Å². The number of hydrogen-bond acceptors (Lipinski definition) is 9. The number of rotatable bonds is 14. The van der Waals surface area contributed by atoms with Crippen LogP contribution in [0.1, 0.15) is 76.7 Å². The number of carbonyl (C=O) groups excluding carboxylic acids is 3. The average Bonchev–Trinajstić information content (AvgIpc) is 3.46. The number of nitrogens with one attached hydrogen (secondary N) is 2. The van der Waals surface area contributed by atoms with E-state index in [2.05, 4.69) is 31.4 Å². The van der Waals surface area contributed by atoms with E-state index in [1.165, 1.54) is 6.42 Å². The van der Waals surface area contributed by atoms with Gasteiger partial charge in [-0.25, -0.2) is 0 Å². The number of aliphatic hydroxyl groups excluding tert-OH is 2. The van der Waals surface area contributed by atoms with Crippen LogP contribution in [0, 0.1) is 35.0 Å². The summed E-state index contributed by atoms with van der Waals surface area (Å²) in [4.78, 5) is 48.0. The van der Waals surface area contributed by atoms with Gasteiger partial charge in [-0.2, -0.15) is 5.06 Å². The van der Waals surface area contributed by atoms with E-state index < -0.39 is 42.0 Å². The largest absolute Gasteiger partial charge is 0.496 e. The maximum absolute atomic E-state index is 14.2. The van der Waals surface area contributed by atoms with Gasteiger partial charge in [-0.1, -0.05) is 52.8 Å². The topological polar surface area (TPSA) is 167 Å². The number of para-hydroxylation sites is 1. The Balaban J connectivity index is 1.46. The molecule has 9 atom stereocenters. The molecule has 6 rings (SSSR count). The zero-order chi connectivity index (χ0) is 38.2. The molecule has 52 heavy (non-hydrogen) atoms. The molecule has 0 unspecified atom stereocenters. The summed E-state index contributed by atoms with van der Waals surface area (Å²) in [6.45, 7) is 12.2. The quantitative estimate of drug-likeness (QED) is 0.196. The van der Waals surface area contributed by atoms with Gasteiger partial charge in [0.25, 0.3) is 5.91 Å². The fourth-order valence-electron chi connectivity index (χ4n) is 8.95. The van der Waals surface area contributed by atoms with Crippen molar-refractivity contribution in [3.63, 3.8) is 0 Å². The third-order valence-corrected chi connectivity index (χ3v) is 12.1. The minimum atomic E-state index is -0.921. The molecule has 6 N–H and O–H groups in total. The zero-order valence-electron chi connectivity index (χ0n) is 32.2. The number of anilines is 1. The van der Waals surface area contributed by atoms with E-state index in [1.54, 1.807) is 31.2 Å². The molecule has 0 radical (unpaired) electrons. The number of aliphatic hydroxyl groups is 2. The van der Waals surface area contributed by atoms with Gasteiger partial charge in [0, 0.05) is 48.4 Å². The molecule has 0 spiro atoms. The Hall–Kier alpha value is -3.71. The molecule has 286 valence electrons. The van der Waals surface area contributed by atoms with Gasteiger partial charge in [0.15, 0.2) is 0 Å². The number of hydrogen-bond donors (Lipinski definition) is 5. The standard InChI is InChI=1S/C40H59N5O7/c1-21(2)13-32(37(41)48)43-38(49)26-14-25(15-28(16-26)44(7)8)29-12-10-11-24(36(29)51-9)19-45-35(34(23(4)47)33(20-46)52-45)39(50)42-31-18-27-17-30(22(31)3)40(27,5)6/h10-12,14-16,21-23,27,30-35,46-47H,13,17-20H2,1-9H3,(H2,41,48)(H,42,50)(H,43,49)/t22-,23-,27+,30-,31-,32+,33-,34-,35-/m0/s1. The second-order valence-electron chi connectivity index (χ2n) is 16.5. The van der Waals surface area contributed by atoms with Crippen molar-refractivity contribution < 1.29 is 34.2 Å². The van der Waals surface area contributed by atoms with Crippen LogP contribution in [0.25, 0.3) is 11.1 Å². The minimum Gasteiger partial charge on any atom is -0.496 e. The average molecular weight is 722 g/mol. The molecule has 3 amide bonds. The van der Waals surface area contributed by atoms with Crippen LogP contribution in [0.15, 0.2) is 36.4 Å². The first kappa shape index (κ1) is 39.5. The second kappa shape index (κ2) is 15.7. The van der Waals surface area contributed by atoms with Crippen molar-refractivity contribution in [2.45, 2.75) is 97.7 Å². The highest BCUT2D eigenvalue weighted by Crippen LogP contribution is 2.61. The summed E-state index contributed by atoms with van der Waals surface area (Å²) in [6, 6.07) is 9.46. The van der Waals surface area contributed by atoms with Crippen molar-refractivity contribution in [2.24, 2.45) is 40.7 Å². The summed E-state index contributed by atoms with van der Waals surface area (Å²) < 4.78 is 6.02. The van der Waals surface area contributed by atoms with Crippen LogP contribution in [-0.2, 0) is 21.0 Å². The molecular formula is C40H59N5O7. The first-order valence-electron chi connectivity index (χ1n) is 18.6. The van der Waals surface area contributed by atoms with Gasteiger partial charge in [0.1, 0.15) is 23.9 Å². The van der Waals surface area contributed by atoms with Crippen molar-refractivity contribution >= 4 is 23.4 Å². The number of amides is 3. The Labute approximate surface area is 308 Å². The van der Waals surface area contributed by atoms with Crippen LogP contribution in [0.4, 0.5) is 5.69 Å². The lowest BCUT2D eigenvalue weighted by Crippen LogP contribution is -2.62. The third-order valence-electron chi connectivity index (χ3n) is 12.1. The third kappa shape index (κ3) is 7.81. The lowest BCUT2D eigenvalue weighted by Gasteiger charge is -2.62. The van der Waals surface area contributed by atoms with E-state index in [1.807, 2.05) is 57.1 Å². The fraction of sp³-hybridized carbons (Fsp3) is 0.625. The van der Waals surface area contributed by atoms with E-state index in [4.69, 9.17) is 15.3 Å². The summed E-state index contributed by atoms with van der Waals surface area (Å²) >= 11 is 0. The molecule has 4 aliphatic rings. The molecule has 3 saturated carbocycles. The Morgan fingerprint density at radius 3 is 2.40 bits per heavy atom. The summed E-state index contributed by atoms with van der Waals surface area (Å²) in [6.07, 6.45) is 0.818. The van der Waals surface area contributed by atoms with Gasteiger partial charge in [0.05, 0.1) is 26.4 Å². The van der Waals surface area contributed by atoms with E-state index >= 15 is 0 Å². The van der Waals surface area contributed by atoms with Crippen molar-refractivity contribution in [2.75, 3.05) is 32.7 Å². The van der Waals surface area contributed by atoms with Gasteiger partial charge >= 0.3 is 0 Å². The molecule has 12 nitrogen and oxygen atoms in total. The predicted molar refractivity (Wildman–Crippen MR) is 200 cm³/mol. The second-order valence-corrected chi connectivity index (χ2v) is 16.5. The summed E-state index contributed by atoms with van der Waals surface area (Å²) in [5.74, 6) is 0.180. The molecule has 2 aromatic carbocycles. The number of ether oxygens (including phenoxy) is 1. The van der Waals surface area contributed by atoms with Crippen LogP contribution < -0.4 is 26.0 Å². The van der Waals surface area contributed by atoms with Gasteiger partial charge in [-0.3, -0.25) is 19.2 Å². The highest BCUT2D eigenvalue weighted by Gasteiger charge is 2.57. The maximum Gasteiger partial charge on any atom is 0.252 e. The lowest BCUT2D eigenvalue weighted by molar-refractivity contribution is -0.183. The van der Waals surface area contributed by atoms with E-state index in [0.29, 0.717) is 52.2 Å². The lowest BCUT2D eigenvalue weighted by atomic mass is 9.45. The van der Waals surface area contributed by atoms with Crippen molar-refractivity contribution in [1.29, 1.82) is 0 Å².